The first-order chi connectivity index (χ1) is 14.6. The third-order valence-electron chi connectivity index (χ3n) is 4.37. The van der Waals surface area contributed by atoms with E-state index in [-0.39, 0.29) is 17.2 Å². The number of rotatable bonds is 7. The molecule has 0 aliphatic heterocycles. The lowest BCUT2D eigenvalue weighted by Crippen LogP contribution is -2.17. The van der Waals surface area contributed by atoms with Gasteiger partial charge in [0.1, 0.15) is 0 Å². The van der Waals surface area contributed by atoms with Gasteiger partial charge in [-0.2, -0.15) is 0 Å². The van der Waals surface area contributed by atoms with Gasteiger partial charge in [0.15, 0.2) is 0 Å². The molecular formula is C24H22N2O3S. The first kappa shape index (κ1) is 21.2. The molecule has 5 nitrogen and oxygen atoms in total. The Labute approximate surface area is 179 Å². The van der Waals surface area contributed by atoms with Crippen molar-refractivity contribution in [2.75, 3.05) is 17.2 Å². The van der Waals surface area contributed by atoms with Crippen molar-refractivity contribution in [1.29, 1.82) is 0 Å². The molecule has 3 N–H and O–H groups in total. The van der Waals surface area contributed by atoms with Gasteiger partial charge in [-0.3, -0.25) is 4.79 Å². The highest BCUT2D eigenvalue weighted by Crippen LogP contribution is 2.22. The molecule has 2 aromatic carbocycles. The second-order valence-electron chi connectivity index (χ2n) is 6.57. The van der Waals surface area contributed by atoms with E-state index < -0.39 is 5.97 Å². The van der Waals surface area contributed by atoms with Gasteiger partial charge in [-0.1, -0.05) is 43.4 Å². The van der Waals surface area contributed by atoms with Crippen LogP contribution >= 0.6 is 11.3 Å². The fourth-order valence-corrected chi connectivity index (χ4v) is 3.39. The molecule has 0 radical (unpaired) electrons. The van der Waals surface area contributed by atoms with Crippen LogP contribution in [-0.4, -0.2) is 23.5 Å². The van der Waals surface area contributed by atoms with Crippen molar-refractivity contribution in [2.45, 2.75) is 19.8 Å². The summed E-state index contributed by atoms with van der Waals surface area (Å²) in [5, 5.41) is 17.4. The lowest BCUT2D eigenvalue weighted by atomic mass is 10.1. The molecule has 0 spiro atoms. The van der Waals surface area contributed by atoms with Crippen LogP contribution in [-0.2, 0) is 0 Å². The Morgan fingerprint density at radius 3 is 2.57 bits per heavy atom. The van der Waals surface area contributed by atoms with Crippen LogP contribution in [0.5, 0.6) is 0 Å². The SMILES string of the molecule is CCCCNc1ccc(C#Cc2cccs2)cc1C(=O)Nc1ccccc1C(=O)O. The zero-order valence-electron chi connectivity index (χ0n) is 16.6. The second-order valence-corrected chi connectivity index (χ2v) is 7.52. The van der Waals surface area contributed by atoms with E-state index >= 15 is 0 Å². The average molecular weight is 419 g/mol. The molecule has 0 unspecified atom stereocenters. The lowest BCUT2D eigenvalue weighted by molar-refractivity contribution is 0.0698. The second kappa shape index (κ2) is 10.3. The smallest absolute Gasteiger partial charge is 0.337 e. The summed E-state index contributed by atoms with van der Waals surface area (Å²) in [5.74, 6) is 4.70. The van der Waals surface area contributed by atoms with Gasteiger partial charge in [0.2, 0.25) is 0 Å². The number of hydrogen-bond donors (Lipinski definition) is 3. The van der Waals surface area contributed by atoms with Crippen molar-refractivity contribution in [3.63, 3.8) is 0 Å². The van der Waals surface area contributed by atoms with Gasteiger partial charge in [0.25, 0.3) is 5.91 Å². The van der Waals surface area contributed by atoms with Crippen molar-refractivity contribution in [3.8, 4) is 11.8 Å². The molecule has 0 atom stereocenters. The quantitative estimate of drug-likeness (QED) is 0.359. The molecule has 0 bridgehead atoms. The maximum atomic E-state index is 13.0. The van der Waals surface area contributed by atoms with Gasteiger partial charge in [0.05, 0.1) is 21.7 Å². The number of carboxylic acids is 1. The Hall–Kier alpha value is -3.56. The van der Waals surface area contributed by atoms with Gasteiger partial charge in [0, 0.05) is 17.8 Å². The van der Waals surface area contributed by atoms with E-state index in [4.69, 9.17) is 0 Å². The van der Waals surface area contributed by atoms with Gasteiger partial charge < -0.3 is 15.7 Å². The van der Waals surface area contributed by atoms with Crippen molar-refractivity contribution < 1.29 is 14.7 Å². The zero-order valence-corrected chi connectivity index (χ0v) is 17.4. The summed E-state index contributed by atoms with van der Waals surface area (Å²) in [6, 6.07) is 15.7. The Kier molecular flexibility index (Phi) is 7.25. The molecule has 1 aromatic heterocycles. The summed E-state index contributed by atoms with van der Waals surface area (Å²) in [5.41, 5.74) is 2.12. The number of nitrogens with one attached hydrogen (secondary N) is 2. The van der Waals surface area contributed by atoms with E-state index in [0.717, 1.165) is 24.3 Å². The summed E-state index contributed by atoms with van der Waals surface area (Å²) in [7, 11) is 0. The van der Waals surface area contributed by atoms with Gasteiger partial charge in [-0.15, -0.1) is 11.3 Å². The molecule has 0 aliphatic carbocycles. The molecule has 1 amide bonds. The van der Waals surface area contributed by atoms with E-state index in [2.05, 4.69) is 29.4 Å². The van der Waals surface area contributed by atoms with Crippen molar-refractivity contribution in [3.05, 3.63) is 81.5 Å². The van der Waals surface area contributed by atoms with Crippen molar-refractivity contribution in [2.24, 2.45) is 0 Å². The summed E-state index contributed by atoms with van der Waals surface area (Å²) in [4.78, 5) is 25.4. The number of benzene rings is 2. The first-order valence-corrected chi connectivity index (χ1v) is 10.5. The van der Waals surface area contributed by atoms with Crippen LogP contribution in [0.2, 0.25) is 0 Å². The number of carboxylic acid groups (broad SMARTS) is 1. The Morgan fingerprint density at radius 2 is 1.83 bits per heavy atom. The third kappa shape index (κ3) is 5.49. The fraction of sp³-hybridized carbons (Fsp3) is 0.167. The minimum atomic E-state index is -1.09. The number of carbonyl (C=O) groups is 2. The van der Waals surface area contributed by atoms with Crippen LogP contribution in [0.3, 0.4) is 0 Å². The number of amides is 1. The van der Waals surface area contributed by atoms with Crippen LogP contribution < -0.4 is 10.6 Å². The van der Waals surface area contributed by atoms with E-state index in [1.807, 2.05) is 29.6 Å². The number of aromatic carboxylic acids is 1. The van der Waals surface area contributed by atoms with Crippen LogP contribution in [0.25, 0.3) is 0 Å². The Bertz CT molecular complexity index is 1100. The molecular weight excluding hydrogens is 396 g/mol. The number of unbranched alkanes of at least 4 members (excludes halogenated alkanes) is 1. The first-order valence-electron chi connectivity index (χ1n) is 9.65. The molecule has 6 heteroatoms. The van der Waals surface area contributed by atoms with E-state index in [1.165, 1.54) is 6.07 Å². The minimum absolute atomic E-state index is 0.0417. The largest absolute Gasteiger partial charge is 0.478 e. The van der Waals surface area contributed by atoms with Crippen molar-refractivity contribution >= 4 is 34.6 Å². The highest BCUT2D eigenvalue weighted by Gasteiger charge is 2.16. The highest BCUT2D eigenvalue weighted by molar-refractivity contribution is 7.10. The molecule has 1 heterocycles. The topological polar surface area (TPSA) is 78.4 Å². The maximum Gasteiger partial charge on any atom is 0.337 e. The molecule has 3 aromatic rings. The summed E-state index contributed by atoms with van der Waals surface area (Å²) in [6.07, 6.45) is 2.01. The molecule has 0 aliphatic rings. The lowest BCUT2D eigenvalue weighted by Gasteiger charge is -2.14. The van der Waals surface area contributed by atoms with Gasteiger partial charge >= 0.3 is 5.97 Å². The van der Waals surface area contributed by atoms with Crippen LogP contribution in [0.4, 0.5) is 11.4 Å². The standard InChI is InChI=1S/C24H22N2O3S/c1-2-3-14-25-21-13-11-17(10-12-18-7-6-15-30-18)16-20(21)23(27)26-22-9-5-4-8-19(22)24(28)29/h4-9,11,13,15-16,25H,2-3,14H2,1H3,(H,26,27)(H,28,29). The number of carbonyl (C=O) groups excluding carboxylic acids is 1. The molecule has 30 heavy (non-hydrogen) atoms. The monoisotopic (exact) mass is 418 g/mol. The number of para-hydroxylation sites is 1. The molecule has 0 fully saturated rings. The summed E-state index contributed by atoms with van der Waals surface area (Å²) < 4.78 is 0. The van der Waals surface area contributed by atoms with E-state index in [9.17, 15) is 14.7 Å². The Balaban J connectivity index is 1.91. The normalized spacial score (nSPS) is 10.0. The van der Waals surface area contributed by atoms with E-state index in [1.54, 1.807) is 35.6 Å². The number of anilines is 2. The molecule has 3 rings (SSSR count). The number of hydrogen-bond acceptors (Lipinski definition) is 4. The predicted octanol–water partition coefficient (Wildman–Crippen LogP) is 5.31. The fourth-order valence-electron chi connectivity index (χ4n) is 2.82. The van der Waals surface area contributed by atoms with Gasteiger partial charge in [-0.25, -0.2) is 4.79 Å². The van der Waals surface area contributed by atoms with Gasteiger partial charge in [-0.05, 0) is 48.2 Å². The number of thiophene rings is 1. The molecule has 0 saturated carbocycles. The van der Waals surface area contributed by atoms with E-state index in [0.29, 0.717) is 16.8 Å². The highest BCUT2D eigenvalue weighted by atomic mass is 32.1. The maximum absolute atomic E-state index is 13.0. The predicted molar refractivity (Wildman–Crippen MR) is 121 cm³/mol. The van der Waals surface area contributed by atoms with Crippen LogP contribution in [0.1, 0.15) is 50.9 Å². The Morgan fingerprint density at radius 1 is 1.00 bits per heavy atom. The third-order valence-corrected chi connectivity index (χ3v) is 5.15. The van der Waals surface area contributed by atoms with Crippen molar-refractivity contribution in [1.82, 2.24) is 0 Å². The average Bonchev–Trinajstić information content (AvgIpc) is 3.27. The molecule has 0 saturated heterocycles. The minimum Gasteiger partial charge on any atom is -0.478 e. The van der Waals surface area contributed by atoms with Crippen LogP contribution in [0, 0.1) is 11.8 Å². The summed E-state index contributed by atoms with van der Waals surface area (Å²) >= 11 is 1.55. The molecule has 152 valence electrons. The zero-order chi connectivity index (χ0) is 21.3. The summed E-state index contributed by atoms with van der Waals surface area (Å²) in [6.45, 7) is 2.84. The van der Waals surface area contributed by atoms with Crippen LogP contribution in [0.15, 0.2) is 60.0 Å².